The maximum Gasteiger partial charge on any atom is 0.251 e. The number of rotatable bonds is 8. The van der Waals surface area contributed by atoms with Crippen LogP contribution in [0.1, 0.15) is 28.8 Å². The van der Waals surface area contributed by atoms with Crippen molar-refractivity contribution >= 4 is 40.0 Å². The number of benzene rings is 2. The molecule has 152 valence electrons. The Labute approximate surface area is 180 Å². The zero-order chi connectivity index (χ0) is 20.4. The average Bonchev–Trinajstić information content (AvgIpc) is 3.40. The SMILES string of the molecule is CN(CC1CC1)C(CNC(=O)c1ccc(Cl)c(Cl)c1)Cc1ccc2[nH]ncc2c1. The van der Waals surface area contributed by atoms with Crippen molar-refractivity contribution in [3.8, 4) is 0 Å². The summed E-state index contributed by atoms with van der Waals surface area (Å²) < 4.78 is 0. The van der Waals surface area contributed by atoms with Gasteiger partial charge in [0.2, 0.25) is 0 Å². The van der Waals surface area contributed by atoms with Crippen molar-refractivity contribution < 1.29 is 4.79 Å². The molecule has 0 radical (unpaired) electrons. The van der Waals surface area contributed by atoms with Gasteiger partial charge in [-0.3, -0.25) is 9.89 Å². The number of carbonyl (C=O) groups is 1. The van der Waals surface area contributed by atoms with Crippen LogP contribution in [0.5, 0.6) is 0 Å². The van der Waals surface area contributed by atoms with Crippen molar-refractivity contribution in [1.29, 1.82) is 0 Å². The predicted octanol–water partition coefficient (Wildman–Crippen LogP) is 4.55. The second kappa shape index (κ2) is 8.74. The zero-order valence-electron chi connectivity index (χ0n) is 16.3. The third-order valence-corrected chi connectivity index (χ3v) is 6.26. The Morgan fingerprint density at radius 3 is 2.83 bits per heavy atom. The number of aromatic amines is 1. The van der Waals surface area contributed by atoms with Crippen molar-refractivity contribution in [3.63, 3.8) is 0 Å². The molecule has 0 bridgehead atoms. The molecule has 7 heteroatoms. The molecule has 2 N–H and O–H groups in total. The van der Waals surface area contributed by atoms with Crippen LogP contribution < -0.4 is 5.32 Å². The minimum atomic E-state index is -0.140. The zero-order valence-corrected chi connectivity index (χ0v) is 17.8. The molecule has 1 amide bonds. The molecular weight excluding hydrogens is 407 g/mol. The molecular formula is C22H24Cl2N4O. The van der Waals surface area contributed by atoms with Gasteiger partial charge in [0, 0.05) is 30.1 Å². The summed E-state index contributed by atoms with van der Waals surface area (Å²) in [6, 6.07) is 11.5. The summed E-state index contributed by atoms with van der Waals surface area (Å²) in [4.78, 5) is 15.0. The highest BCUT2D eigenvalue weighted by Crippen LogP contribution is 2.30. The molecule has 1 aliphatic carbocycles. The van der Waals surface area contributed by atoms with Crippen LogP contribution in [-0.2, 0) is 6.42 Å². The van der Waals surface area contributed by atoms with E-state index in [0.717, 1.165) is 29.8 Å². The quantitative estimate of drug-likeness (QED) is 0.550. The van der Waals surface area contributed by atoms with Crippen LogP contribution in [0.15, 0.2) is 42.6 Å². The van der Waals surface area contributed by atoms with Crippen LogP contribution in [0.4, 0.5) is 0 Å². The highest BCUT2D eigenvalue weighted by Gasteiger charge is 2.26. The molecule has 0 saturated heterocycles. The van der Waals surface area contributed by atoms with Gasteiger partial charge >= 0.3 is 0 Å². The minimum Gasteiger partial charge on any atom is -0.350 e. The molecule has 29 heavy (non-hydrogen) atoms. The predicted molar refractivity (Wildman–Crippen MR) is 118 cm³/mol. The van der Waals surface area contributed by atoms with Crippen LogP contribution in [0, 0.1) is 5.92 Å². The lowest BCUT2D eigenvalue weighted by Crippen LogP contribution is -2.44. The van der Waals surface area contributed by atoms with Gasteiger partial charge in [0.1, 0.15) is 0 Å². The second-order valence-corrected chi connectivity index (χ2v) is 8.69. The number of nitrogens with zero attached hydrogens (tertiary/aromatic N) is 2. The first-order valence-electron chi connectivity index (χ1n) is 9.85. The number of carbonyl (C=O) groups excluding carboxylic acids is 1. The van der Waals surface area contributed by atoms with E-state index < -0.39 is 0 Å². The molecule has 1 atom stereocenters. The third-order valence-electron chi connectivity index (χ3n) is 5.52. The van der Waals surface area contributed by atoms with Crippen LogP contribution in [-0.4, -0.2) is 47.2 Å². The van der Waals surface area contributed by atoms with Crippen LogP contribution in [0.25, 0.3) is 10.9 Å². The van der Waals surface area contributed by atoms with E-state index in [-0.39, 0.29) is 11.9 Å². The van der Waals surface area contributed by atoms with Crippen molar-refractivity contribution in [2.45, 2.75) is 25.3 Å². The van der Waals surface area contributed by atoms with Gasteiger partial charge in [0.25, 0.3) is 5.91 Å². The molecule has 1 fully saturated rings. The van der Waals surface area contributed by atoms with Gasteiger partial charge in [0.05, 0.1) is 21.8 Å². The largest absolute Gasteiger partial charge is 0.350 e. The molecule has 1 unspecified atom stereocenters. The number of H-pyrrole nitrogens is 1. The van der Waals surface area contributed by atoms with Crippen LogP contribution in [0.2, 0.25) is 10.0 Å². The van der Waals surface area contributed by atoms with E-state index in [1.165, 1.54) is 18.4 Å². The number of amides is 1. The Bertz CT molecular complexity index is 1010. The number of halogens is 2. The van der Waals surface area contributed by atoms with E-state index in [1.54, 1.807) is 18.2 Å². The maximum atomic E-state index is 12.6. The Morgan fingerprint density at radius 2 is 2.07 bits per heavy atom. The summed E-state index contributed by atoms with van der Waals surface area (Å²) >= 11 is 12.0. The van der Waals surface area contributed by atoms with Crippen LogP contribution >= 0.6 is 23.2 Å². The summed E-state index contributed by atoms with van der Waals surface area (Å²) in [5, 5.41) is 12.1. The molecule has 4 rings (SSSR count). The van der Waals surface area contributed by atoms with Gasteiger partial charge in [-0.1, -0.05) is 29.3 Å². The first-order valence-corrected chi connectivity index (χ1v) is 10.6. The lowest BCUT2D eigenvalue weighted by Gasteiger charge is -2.28. The van der Waals surface area contributed by atoms with Gasteiger partial charge in [-0.2, -0.15) is 5.10 Å². The van der Waals surface area contributed by atoms with Crippen molar-refractivity contribution in [2.75, 3.05) is 20.1 Å². The van der Waals surface area contributed by atoms with E-state index >= 15 is 0 Å². The lowest BCUT2D eigenvalue weighted by atomic mass is 10.0. The molecule has 1 saturated carbocycles. The minimum absolute atomic E-state index is 0.140. The summed E-state index contributed by atoms with van der Waals surface area (Å²) in [6.45, 7) is 1.62. The number of aromatic nitrogens is 2. The van der Waals surface area contributed by atoms with Gasteiger partial charge < -0.3 is 10.2 Å². The second-order valence-electron chi connectivity index (χ2n) is 7.87. The fourth-order valence-corrected chi connectivity index (χ4v) is 3.88. The van der Waals surface area contributed by atoms with Gasteiger partial charge in [-0.25, -0.2) is 0 Å². The Balaban J connectivity index is 1.45. The van der Waals surface area contributed by atoms with Gasteiger partial charge in [-0.05, 0) is 68.1 Å². The van der Waals surface area contributed by atoms with E-state index in [0.29, 0.717) is 22.2 Å². The topological polar surface area (TPSA) is 61.0 Å². The molecule has 0 spiro atoms. The fraction of sp³-hybridized carbons (Fsp3) is 0.364. The standard InChI is InChI=1S/C22H24Cl2N4O/c1-28(13-14-2-3-14)18(9-15-4-7-21-17(8-15)11-26-27-21)12-25-22(29)16-5-6-19(23)20(24)10-16/h4-8,10-11,14,18H,2-3,9,12-13H2,1H3,(H,25,29)(H,26,27). The monoisotopic (exact) mass is 430 g/mol. The normalized spacial score (nSPS) is 15.0. The lowest BCUT2D eigenvalue weighted by molar-refractivity contribution is 0.0937. The van der Waals surface area contributed by atoms with E-state index in [1.807, 2.05) is 6.20 Å². The first-order chi connectivity index (χ1) is 14.0. The van der Waals surface area contributed by atoms with Crippen molar-refractivity contribution in [3.05, 3.63) is 63.8 Å². The maximum absolute atomic E-state index is 12.6. The summed E-state index contributed by atoms with van der Waals surface area (Å²) in [5.74, 6) is 0.642. The fourth-order valence-electron chi connectivity index (χ4n) is 3.58. The highest BCUT2D eigenvalue weighted by atomic mass is 35.5. The van der Waals surface area contributed by atoms with E-state index in [2.05, 4.69) is 45.7 Å². The smallest absolute Gasteiger partial charge is 0.251 e. The van der Waals surface area contributed by atoms with Crippen molar-refractivity contribution in [1.82, 2.24) is 20.4 Å². The summed E-state index contributed by atoms with van der Waals surface area (Å²) in [6.07, 6.45) is 5.29. The molecule has 1 aromatic heterocycles. The molecule has 1 aliphatic rings. The third kappa shape index (κ3) is 5.10. The van der Waals surface area contributed by atoms with E-state index in [4.69, 9.17) is 23.2 Å². The number of fused-ring (bicyclic) bond motifs is 1. The number of likely N-dealkylation sites (N-methyl/N-ethyl adjacent to an activating group) is 1. The molecule has 2 aromatic carbocycles. The van der Waals surface area contributed by atoms with Gasteiger partial charge in [0.15, 0.2) is 0 Å². The molecule has 1 heterocycles. The highest BCUT2D eigenvalue weighted by molar-refractivity contribution is 6.42. The number of nitrogens with one attached hydrogen (secondary N) is 2. The summed E-state index contributed by atoms with van der Waals surface area (Å²) in [7, 11) is 2.14. The summed E-state index contributed by atoms with van der Waals surface area (Å²) in [5.41, 5.74) is 2.78. The Hall–Kier alpha value is -2.08. The Morgan fingerprint density at radius 1 is 1.24 bits per heavy atom. The molecule has 3 aromatic rings. The van der Waals surface area contributed by atoms with E-state index in [9.17, 15) is 4.79 Å². The number of hydrogen-bond acceptors (Lipinski definition) is 3. The van der Waals surface area contributed by atoms with Crippen molar-refractivity contribution in [2.24, 2.45) is 5.92 Å². The molecule has 0 aliphatic heterocycles. The molecule has 5 nitrogen and oxygen atoms in total. The number of hydrogen-bond donors (Lipinski definition) is 2. The Kier molecular flexibility index (Phi) is 6.09. The first kappa shape index (κ1) is 20.2. The van der Waals surface area contributed by atoms with Gasteiger partial charge in [-0.15, -0.1) is 0 Å². The average molecular weight is 431 g/mol. The van der Waals surface area contributed by atoms with Crippen LogP contribution in [0.3, 0.4) is 0 Å².